The minimum atomic E-state index is -0.824. The number of phenols is 2. The van der Waals surface area contributed by atoms with Gasteiger partial charge >= 0.3 is 0 Å². The highest BCUT2D eigenvalue weighted by atomic mass is 16.3. The van der Waals surface area contributed by atoms with Gasteiger partial charge in [-0.25, -0.2) is 0 Å². The number of hydrogen-bond donors (Lipinski definition) is 5. The summed E-state index contributed by atoms with van der Waals surface area (Å²) in [5.41, 5.74) is 1.18. The number of nitrogens with zero attached hydrogens (tertiary/aromatic N) is 1. The summed E-state index contributed by atoms with van der Waals surface area (Å²) in [5.74, 6) is 0.0194. The number of aliphatic imine (C=N–C) groups is 1. The zero-order chi connectivity index (χ0) is 15.9. The molecule has 22 heavy (non-hydrogen) atoms. The maximum atomic E-state index is 9.67. The normalized spacial score (nSPS) is 19.6. The molecule has 0 heterocycles. The summed E-state index contributed by atoms with van der Waals surface area (Å²) in [6, 6.07) is 4.30. The number of nitrogens with one attached hydrogen (secondary N) is 1. The smallest absolute Gasteiger partial charge is 0.128 e. The predicted octanol–water partition coefficient (Wildman–Crippen LogP) is 1.36. The molecule has 0 aliphatic heterocycles. The van der Waals surface area contributed by atoms with Gasteiger partial charge in [0.05, 0.1) is 6.54 Å². The summed E-state index contributed by atoms with van der Waals surface area (Å²) >= 11 is 0. The summed E-state index contributed by atoms with van der Waals surface area (Å²) in [4.78, 5) is 4.16. The van der Waals surface area contributed by atoms with Crippen molar-refractivity contribution in [1.82, 2.24) is 5.32 Å². The Bertz CT molecular complexity index is 648. The van der Waals surface area contributed by atoms with Gasteiger partial charge in [0.25, 0.3) is 0 Å². The van der Waals surface area contributed by atoms with Crippen LogP contribution in [0.3, 0.4) is 0 Å². The third-order valence-corrected chi connectivity index (χ3v) is 3.02. The van der Waals surface area contributed by atoms with E-state index in [-0.39, 0.29) is 17.3 Å². The monoisotopic (exact) mass is 302 g/mol. The van der Waals surface area contributed by atoms with Gasteiger partial charge in [0.1, 0.15) is 23.4 Å². The molecule has 1 atom stereocenters. The molecule has 6 heteroatoms. The average molecular weight is 302 g/mol. The SMILES string of the molecule is OC1=CC(O)/C(=C\NCCN=Cc2ccc(O)cc2O)C=C1. The van der Waals surface area contributed by atoms with Crippen molar-refractivity contribution < 1.29 is 20.4 Å². The van der Waals surface area contributed by atoms with Crippen LogP contribution in [0, 0.1) is 0 Å². The minimum absolute atomic E-state index is 0.00196. The van der Waals surface area contributed by atoms with Gasteiger partial charge in [-0.2, -0.15) is 0 Å². The fourth-order valence-electron chi connectivity index (χ4n) is 1.85. The van der Waals surface area contributed by atoms with Crippen LogP contribution in [0.1, 0.15) is 5.56 Å². The molecule has 1 aromatic carbocycles. The number of allylic oxidation sites excluding steroid dienone is 1. The van der Waals surface area contributed by atoms with Crippen LogP contribution in [0.25, 0.3) is 0 Å². The van der Waals surface area contributed by atoms with E-state index in [0.717, 1.165) is 0 Å². The molecule has 0 bridgehead atoms. The molecule has 0 amide bonds. The maximum absolute atomic E-state index is 9.67. The zero-order valence-corrected chi connectivity index (χ0v) is 11.8. The highest BCUT2D eigenvalue weighted by molar-refractivity contribution is 5.83. The maximum Gasteiger partial charge on any atom is 0.128 e. The Morgan fingerprint density at radius 1 is 1.18 bits per heavy atom. The van der Waals surface area contributed by atoms with Crippen LogP contribution in [0.4, 0.5) is 0 Å². The van der Waals surface area contributed by atoms with Gasteiger partial charge in [-0.3, -0.25) is 4.99 Å². The molecule has 1 unspecified atom stereocenters. The molecule has 2 rings (SSSR count). The number of benzene rings is 1. The lowest BCUT2D eigenvalue weighted by Gasteiger charge is -2.12. The summed E-state index contributed by atoms with van der Waals surface area (Å²) in [6.45, 7) is 1.03. The first-order valence-corrected chi connectivity index (χ1v) is 6.78. The van der Waals surface area contributed by atoms with E-state index in [4.69, 9.17) is 0 Å². The predicted molar refractivity (Wildman–Crippen MR) is 84.2 cm³/mol. The fraction of sp³-hybridized carbons (Fsp3) is 0.188. The van der Waals surface area contributed by atoms with E-state index >= 15 is 0 Å². The van der Waals surface area contributed by atoms with Crippen molar-refractivity contribution in [2.45, 2.75) is 6.10 Å². The van der Waals surface area contributed by atoms with Crippen LogP contribution in [-0.2, 0) is 0 Å². The lowest BCUT2D eigenvalue weighted by atomic mass is 10.1. The van der Waals surface area contributed by atoms with E-state index in [1.54, 1.807) is 18.3 Å². The van der Waals surface area contributed by atoms with E-state index in [0.29, 0.717) is 24.2 Å². The van der Waals surface area contributed by atoms with Crippen LogP contribution in [0.5, 0.6) is 11.5 Å². The quantitative estimate of drug-likeness (QED) is 0.417. The summed E-state index contributed by atoms with van der Waals surface area (Å²) in [7, 11) is 0. The van der Waals surface area contributed by atoms with E-state index < -0.39 is 6.10 Å². The largest absolute Gasteiger partial charge is 0.508 e. The van der Waals surface area contributed by atoms with E-state index in [1.165, 1.54) is 30.5 Å². The van der Waals surface area contributed by atoms with Gasteiger partial charge in [0.15, 0.2) is 0 Å². The summed E-state index contributed by atoms with van der Waals surface area (Å²) in [6.07, 6.45) is 6.85. The third-order valence-electron chi connectivity index (χ3n) is 3.02. The van der Waals surface area contributed by atoms with Crippen LogP contribution >= 0.6 is 0 Å². The van der Waals surface area contributed by atoms with E-state index in [1.807, 2.05) is 0 Å². The molecule has 1 aliphatic rings. The Morgan fingerprint density at radius 3 is 2.73 bits per heavy atom. The molecule has 1 aliphatic carbocycles. The molecule has 6 nitrogen and oxygen atoms in total. The molecule has 0 aromatic heterocycles. The van der Waals surface area contributed by atoms with E-state index in [2.05, 4.69) is 10.3 Å². The molecule has 5 N–H and O–H groups in total. The Hall–Kier alpha value is -2.73. The van der Waals surface area contributed by atoms with Crippen LogP contribution in [0.15, 0.2) is 59.0 Å². The molecule has 1 aromatic rings. The second-order valence-corrected chi connectivity index (χ2v) is 4.75. The topological polar surface area (TPSA) is 105 Å². The molecule has 0 fully saturated rings. The lowest BCUT2D eigenvalue weighted by molar-refractivity contribution is 0.253. The number of aromatic hydroxyl groups is 2. The van der Waals surface area contributed by atoms with Crippen molar-refractivity contribution in [1.29, 1.82) is 0 Å². The van der Waals surface area contributed by atoms with Gasteiger partial charge < -0.3 is 25.7 Å². The van der Waals surface area contributed by atoms with Crippen molar-refractivity contribution in [3.8, 4) is 11.5 Å². The highest BCUT2D eigenvalue weighted by Crippen LogP contribution is 2.20. The van der Waals surface area contributed by atoms with Gasteiger partial charge in [-0.1, -0.05) is 6.08 Å². The number of rotatable bonds is 5. The van der Waals surface area contributed by atoms with Crippen LogP contribution in [-0.4, -0.2) is 45.8 Å². The number of aliphatic hydroxyl groups excluding tert-OH is 2. The third kappa shape index (κ3) is 4.39. The first kappa shape index (κ1) is 15.7. The van der Waals surface area contributed by atoms with Gasteiger partial charge in [-0.15, -0.1) is 0 Å². The summed E-state index contributed by atoms with van der Waals surface area (Å²) < 4.78 is 0. The first-order valence-electron chi connectivity index (χ1n) is 6.78. The molecular formula is C16H18N2O4. The number of hydrogen-bond acceptors (Lipinski definition) is 6. The molecule has 0 saturated heterocycles. The van der Waals surface area contributed by atoms with Crippen molar-refractivity contribution in [3.05, 3.63) is 59.5 Å². The molecular weight excluding hydrogens is 284 g/mol. The fourth-order valence-corrected chi connectivity index (χ4v) is 1.85. The molecule has 0 spiro atoms. The van der Waals surface area contributed by atoms with Gasteiger partial charge in [0, 0.05) is 36.2 Å². The second-order valence-electron chi connectivity index (χ2n) is 4.75. The standard InChI is InChI=1S/C16H18N2O4/c19-13-3-1-11(15(21)7-13)9-17-5-6-18-10-12-2-4-14(20)8-16(12)22/h1-4,7-10,15,17,19-22H,5-6H2/b11-9-,18-10?. The minimum Gasteiger partial charge on any atom is -0.508 e. The molecule has 0 radical (unpaired) electrons. The first-order chi connectivity index (χ1) is 10.6. The Balaban J connectivity index is 1.78. The number of phenolic OH excluding ortho intramolecular Hbond substituents is 2. The second kappa shape index (κ2) is 7.33. The van der Waals surface area contributed by atoms with Crippen molar-refractivity contribution in [2.75, 3.05) is 13.1 Å². The zero-order valence-electron chi connectivity index (χ0n) is 11.8. The van der Waals surface area contributed by atoms with Crippen molar-refractivity contribution in [3.63, 3.8) is 0 Å². The highest BCUT2D eigenvalue weighted by Gasteiger charge is 2.10. The molecule has 0 saturated carbocycles. The lowest BCUT2D eigenvalue weighted by Crippen LogP contribution is -2.16. The average Bonchev–Trinajstić information content (AvgIpc) is 2.46. The number of aliphatic hydroxyl groups is 2. The summed E-state index contributed by atoms with van der Waals surface area (Å²) in [5, 5.41) is 40.6. The van der Waals surface area contributed by atoms with E-state index in [9.17, 15) is 20.4 Å². The van der Waals surface area contributed by atoms with Gasteiger partial charge in [-0.05, 0) is 24.3 Å². The molecule has 116 valence electrons. The van der Waals surface area contributed by atoms with Crippen LogP contribution < -0.4 is 5.32 Å². The Labute approximate surface area is 128 Å². The van der Waals surface area contributed by atoms with Crippen LogP contribution in [0.2, 0.25) is 0 Å². The van der Waals surface area contributed by atoms with Crippen molar-refractivity contribution >= 4 is 6.21 Å². The Morgan fingerprint density at radius 2 is 2.00 bits per heavy atom. The van der Waals surface area contributed by atoms with Crippen molar-refractivity contribution in [2.24, 2.45) is 4.99 Å². The Kier molecular flexibility index (Phi) is 5.21. The van der Waals surface area contributed by atoms with Gasteiger partial charge in [0.2, 0.25) is 0 Å².